The summed E-state index contributed by atoms with van der Waals surface area (Å²) in [6, 6.07) is 1.53. The summed E-state index contributed by atoms with van der Waals surface area (Å²) in [5.41, 5.74) is 2.99. The molecule has 0 saturated heterocycles. The fraction of sp³-hybridized carbons (Fsp3) is 0.231. The van der Waals surface area contributed by atoms with Crippen molar-refractivity contribution in [3.63, 3.8) is 0 Å². The minimum atomic E-state index is -1.55. The number of benzene rings is 1. The van der Waals surface area contributed by atoms with E-state index in [0.29, 0.717) is 6.07 Å². The number of nitrogens with two attached hydrogens (primary N) is 1. The second-order valence-corrected chi connectivity index (χ2v) is 6.01. The van der Waals surface area contributed by atoms with Gasteiger partial charge in [-0.3, -0.25) is 13.8 Å². The molecule has 0 heterocycles. The van der Waals surface area contributed by atoms with Crippen molar-refractivity contribution in [2.75, 3.05) is 18.6 Å². The molecule has 0 saturated carbocycles. The molecule has 10 heteroatoms. The SMILES string of the molecule is CS(=O)CCNC(=O)c1cc(C(N)=O)c(C(=O)O)cc1C(=O)O. The lowest BCUT2D eigenvalue weighted by Gasteiger charge is -2.11. The topological polar surface area (TPSA) is 164 Å². The number of carboxylic acid groups (broad SMARTS) is 2. The zero-order chi connectivity index (χ0) is 17.7. The van der Waals surface area contributed by atoms with Crippen LogP contribution in [0.1, 0.15) is 41.4 Å². The molecule has 0 spiro atoms. The molecule has 1 unspecified atom stereocenters. The fourth-order valence-electron chi connectivity index (χ4n) is 1.75. The van der Waals surface area contributed by atoms with E-state index in [2.05, 4.69) is 5.32 Å². The Morgan fingerprint density at radius 2 is 1.52 bits per heavy atom. The second kappa shape index (κ2) is 7.49. The van der Waals surface area contributed by atoms with Crippen molar-refractivity contribution in [2.24, 2.45) is 5.73 Å². The van der Waals surface area contributed by atoms with E-state index in [1.54, 1.807) is 0 Å². The number of primary amides is 1. The molecule has 9 nitrogen and oxygen atoms in total. The quantitative estimate of drug-likeness (QED) is 0.508. The molecular formula is C13H14N2O7S. The summed E-state index contributed by atoms with van der Waals surface area (Å²) in [6.07, 6.45) is 1.43. The van der Waals surface area contributed by atoms with Gasteiger partial charge >= 0.3 is 11.9 Å². The summed E-state index contributed by atoms with van der Waals surface area (Å²) < 4.78 is 10.9. The Bertz CT molecular complexity index is 715. The van der Waals surface area contributed by atoms with Gasteiger partial charge < -0.3 is 21.3 Å². The molecular weight excluding hydrogens is 328 g/mol. The molecule has 0 aliphatic carbocycles. The van der Waals surface area contributed by atoms with Gasteiger partial charge in [0.15, 0.2) is 0 Å². The molecule has 2 amide bonds. The van der Waals surface area contributed by atoms with Crippen LogP contribution in [-0.2, 0) is 10.8 Å². The zero-order valence-corrected chi connectivity index (χ0v) is 12.8. The van der Waals surface area contributed by atoms with E-state index in [1.165, 1.54) is 6.26 Å². The van der Waals surface area contributed by atoms with Gasteiger partial charge in [-0.2, -0.15) is 0 Å². The Labute approximate surface area is 132 Å². The number of carbonyl (C=O) groups excluding carboxylic acids is 2. The lowest BCUT2D eigenvalue weighted by atomic mass is 9.97. The van der Waals surface area contributed by atoms with Gasteiger partial charge in [0.1, 0.15) is 0 Å². The first kappa shape index (κ1) is 18.3. The predicted octanol–water partition coefficient (Wildman–Crippen LogP) is -0.710. The Balaban J connectivity index is 3.34. The molecule has 0 aliphatic rings. The number of hydrogen-bond acceptors (Lipinski definition) is 5. The Hall–Kier alpha value is -2.75. The highest BCUT2D eigenvalue weighted by Gasteiger charge is 2.24. The smallest absolute Gasteiger partial charge is 0.336 e. The van der Waals surface area contributed by atoms with Crippen LogP contribution in [-0.4, -0.2) is 56.7 Å². The molecule has 1 aromatic carbocycles. The second-order valence-electron chi connectivity index (χ2n) is 4.45. The van der Waals surface area contributed by atoms with Crippen LogP contribution in [0.2, 0.25) is 0 Å². The normalized spacial score (nSPS) is 11.5. The Morgan fingerprint density at radius 3 is 1.96 bits per heavy atom. The first-order valence-corrected chi connectivity index (χ1v) is 7.90. The minimum Gasteiger partial charge on any atom is -0.478 e. The van der Waals surface area contributed by atoms with E-state index in [9.17, 15) is 23.4 Å². The van der Waals surface area contributed by atoms with Crippen LogP contribution in [0.4, 0.5) is 0 Å². The van der Waals surface area contributed by atoms with Crippen molar-refractivity contribution in [1.29, 1.82) is 0 Å². The summed E-state index contributed by atoms with van der Waals surface area (Å²) >= 11 is 0. The first-order valence-electron chi connectivity index (χ1n) is 6.17. The third-order valence-corrected chi connectivity index (χ3v) is 3.58. The molecule has 0 aromatic heterocycles. The van der Waals surface area contributed by atoms with Gasteiger partial charge in [-0.1, -0.05) is 0 Å². The molecule has 0 radical (unpaired) electrons. The van der Waals surface area contributed by atoms with Crippen molar-refractivity contribution < 1.29 is 33.6 Å². The molecule has 0 bridgehead atoms. The molecule has 1 atom stereocenters. The summed E-state index contributed by atoms with van der Waals surface area (Å²) in [4.78, 5) is 45.7. The van der Waals surface area contributed by atoms with Crippen LogP contribution >= 0.6 is 0 Å². The van der Waals surface area contributed by atoms with Crippen molar-refractivity contribution >= 4 is 34.6 Å². The van der Waals surface area contributed by atoms with Gasteiger partial charge in [0, 0.05) is 29.4 Å². The van der Waals surface area contributed by atoms with Crippen LogP contribution in [0.5, 0.6) is 0 Å². The van der Waals surface area contributed by atoms with Crippen LogP contribution < -0.4 is 11.1 Å². The van der Waals surface area contributed by atoms with E-state index in [0.717, 1.165) is 6.07 Å². The lowest BCUT2D eigenvalue weighted by Crippen LogP contribution is -2.30. The highest BCUT2D eigenvalue weighted by molar-refractivity contribution is 7.84. The van der Waals surface area contributed by atoms with Gasteiger partial charge in [0.2, 0.25) is 5.91 Å². The van der Waals surface area contributed by atoms with Gasteiger partial charge in [-0.15, -0.1) is 0 Å². The number of amides is 2. The number of hydrogen-bond donors (Lipinski definition) is 4. The van der Waals surface area contributed by atoms with Crippen molar-refractivity contribution in [3.8, 4) is 0 Å². The maximum Gasteiger partial charge on any atom is 0.336 e. The third kappa shape index (κ3) is 4.61. The molecule has 1 aromatic rings. The molecule has 124 valence electrons. The van der Waals surface area contributed by atoms with E-state index < -0.39 is 56.8 Å². The van der Waals surface area contributed by atoms with Crippen LogP contribution in [0.3, 0.4) is 0 Å². The Kier molecular flexibility index (Phi) is 5.96. The van der Waals surface area contributed by atoms with Gasteiger partial charge in [-0.25, -0.2) is 9.59 Å². The van der Waals surface area contributed by atoms with Crippen molar-refractivity contribution in [3.05, 3.63) is 34.4 Å². The fourth-order valence-corrected chi connectivity index (χ4v) is 2.14. The maximum absolute atomic E-state index is 12.0. The van der Waals surface area contributed by atoms with Crippen LogP contribution in [0.25, 0.3) is 0 Å². The largest absolute Gasteiger partial charge is 0.478 e. The highest BCUT2D eigenvalue weighted by Crippen LogP contribution is 2.18. The zero-order valence-electron chi connectivity index (χ0n) is 12.0. The number of rotatable bonds is 7. The van der Waals surface area contributed by atoms with Gasteiger partial charge in [0.05, 0.1) is 22.3 Å². The van der Waals surface area contributed by atoms with Gasteiger partial charge in [0.25, 0.3) is 5.91 Å². The molecule has 0 aliphatic heterocycles. The van der Waals surface area contributed by atoms with Crippen molar-refractivity contribution in [2.45, 2.75) is 0 Å². The first-order chi connectivity index (χ1) is 10.6. The number of carboxylic acids is 2. The number of aromatic carboxylic acids is 2. The summed E-state index contributed by atoms with van der Waals surface area (Å²) in [7, 11) is -1.16. The summed E-state index contributed by atoms with van der Waals surface area (Å²) in [5.74, 6) is -4.87. The molecule has 23 heavy (non-hydrogen) atoms. The third-order valence-electron chi connectivity index (χ3n) is 2.80. The molecule has 1 rings (SSSR count). The van der Waals surface area contributed by atoms with Crippen molar-refractivity contribution in [1.82, 2.24) is 5.32 Å². The van der Waals surface area contributed by atoms with Gasteiger partial charge in [-0.05, 0) is 12.1 Å². The van der Waals surface area contributed by atoms with Crippen LogP contribution in [0, 0.1) is 0 Å². The predicted molar refractivity (Wildman–Crippen MR) is 80.1 cm³/mol. The standard InChI is InChI=1S/C13H14N2O7S/c1-23(22)3-2-15-11(17)7-4-6(10(14)16)8(12(18)19)5-9(7)13(20)21/h4-5H,2-3H2,1H3,(H2,14,16)(H,15,17)(H,18,19)(H,20,21). The Morgan fingerprint density at radius 1 is 1.04 bits per heavy atom. The van der Waals surface area contributed by atoms with E-state index in [1.807, 2.05) is 0 Å². The molecule has 5 N–H and O–H groups in total. The molecule has 0 fully saturated rings. The maximum atomic E-state index is 12.0. The summed E-state index contributed by atoms with van der Waals surface area (Å²) in [6.45, 7) is 0.0214. The lowest BCUT2D eigenvalue weighted by molar-refractivity contribution is 0.0688. The van der Waals surface area contributed by atoms with E-state index >= 15 is 0 Å². The monoisotopic (exact) mass is 342 g/mol. The number of carbonyl (C=O) groups is 4. The number of nitrogens with one attached hydrogen (secondary N) is 1. The van der Waals surface area contributed by atoms with Crippen LogP contribution in [0.15, 0.2) is 12.1 Å². The highest BCUT2D eigenvalue weighted by atomic mass is 32.2. The average Bonchev–Trinajstić information content (AvgIpc) is 2.44. The summed E-state index contributed by atoms with van der Waals surface area (Å²) in [5, 5.41) is 20.5. The average molecular weight is 342 g/mol. The minimum absolute atomic E-state index is 0.0214. The van der Waals surface area contributed by atoms with E-state index in [4.69, 9.17) is 15.9 Å². The van der Waals surface area contributed by atoms with E-state index in [-0.39, 0.29) is 12.3 Å².